The van der Waals surface area contributed by atoms with Crippen LogP contribution in [0.2, 0.25) is 0 Å². The third-order valence-electron chi connectivity index (χ3n) is 3.62. The lowest BCUT2D eigenvalue weighted by Crippen LogP contribution is -2.35. The van der Waals surface area contributed by atoms with Crippen LogP contribution in [0.4, 0.5) is 13.2 Å². The molecule has 1 aromatic carbocycles. The molecular formula is C17H17F3N2O4. The van der Waals surface area contributed by atoms with Gasteiger partial charge in [0.2, 0.25) is 5.78 Å². The number of ketones is 1. The number of nitrogens with zero attached hydrogens (tertiary/aromatic N) is 2. The summed E-state index contributed by atoms with van der Waals surface area (Å²) >= 11 is 0. The molecule has 0 aliphatic carbocycles. The first-order valence-corrected chi connectivity index (χ1v) is 7.55. The summed E-state index contributed by atoms with van der Waals surface area (Å²) in [4.78, 5) is 25.5. The Labute approximate surface area is 147 Å². The highest BCUT2D eigenvalue weighted by Gasteiger charge is 2.47. The Balaban J connectivity index is 2.64. The highest BCUT2D eigenvalue weighted by molar-refractivity contribution is 6.00. The maximum absolute atomic E-state index is 13.0. The predicted octanol–water partition coefficient (Wildman–Crippen LogP) is 2.90. The van der Waals surface area contributed by atoms with E-state index in [4.69, 9.17) is 4.52 Å². The normalized spacial score (nSPS) is 12.9. The van der Waals surface area contributed by atoms with Gasteiger partial charge in [0.1, 0.15) is 17.2 Å². The van der Waals surface area contributed by atoms with Gasteiger partial charge in [-0.25, -0.2) is 4.79 Å². The molecule has 0 spiro atoms. The fourth-order valence-electron chi connectivity index (χ4n) is 2.48. The molecule has 1 atom stereocenters. The van der Waals surface area contributed by atoms with Crippen molar-refractivity contribution in [3.63, 3.8) is 0 Å². The summed E-state index contributed by atoms with van der Waals surface area (Å²) in [7, 11) is 4.09. The average Bonchev–Trinajstić information content (AvgIpc) is 3.03. The largest absolute Gasteiger partial charge is 0.465 e. The highest BCUT2D eigenvalue weighted by Crippen LogP contribution is 2.35. The third-order valence-corrected chi connectivity index (χ3v) is 3.62. The molecule has 0 saturated carbocycles. The lowest BCUT2D eigenvalue weighted by atomic mass is 9.94. The molecule has 0 saturated heterocycles. The first kappa shape index (κ1) is 19.6. The van der Waals surface area contributed by atoms with E-state index in [0.29, 0.717) is 5.56 Å². The van der Waals surface area contributed by atoms with Gasteiger partial charge in [0.05, 0.1) is 7.11 Å². The molecule has 0 aliphatic rings. The molecule has 0 amide bonds. The number of esters is 1. The molecule has 1 aromatic heterocycles. The lowest BCUT2D eigenvalue weighted by molar-refractivity contribution is -0.173. The van der Waals surface area contributed by atoms with Crippen molar-refractivity contribution in [3.8, 4) is 11.3 Å². The Morgan fingerprint density at radius 2 is 1.85 bits per heavy atom. The second-order valence-corrected chi connectivity index (χ2v) is 5.80. The number of benzene rings is 1. The van der Waals surface area contributed by atoms with Gasteiger partial charge in [-0.3, -0.25) is 4.79 Å². The van der Waals surface area contributed by atoms with Crippen LogP contribution in [-0.4, -0.2) is 55.7 Å². The lowest BCUT2D eigenvalue weighted by Gasteiger charge is -2.19. The molecule has 1 unspecified atom stereocenters. The van der Waals surface area contributed by atoms with Gasteiger partial charge < -0.3 is 14.2 Å². The maximum Gasteiger partial charge on any atom is 0.450 e. The van der Waals surface area contributed by atoms with Crippen LogP contribution in [0.1, 0.15) is 22.0 Å². The van der Waals surface area contributed by atoms with Crippen molar-refractivity contribution in [2.75, 3.05) is 27.7 Å². The van der Waals surface area contributed by atoms with Gasteiger partial charge in [-0.15, -0.1) is 0 Å². The number of ether oxygens (including phenoxy) is 1. The van der Waals surface area contributed by atoms with Gasteiger partial charge in [0.15, 0.2) is 5.76 Å². The SMILES string of the molecule is COC(=O)c1c(-c2ccccc2)noc1C(CN(C)C)C(=O)C(F)(F)F. The Kier molecular flexibility index (Phi) is 5.81. The van der Waals surface area contributed by atoms with Gasteiger partial charge >= 0.3 is 12.1 Å². The van der Waals surface area contributed by atoms with Crippen LogP contribution in [-0.2, 0) is 9.53 Å². The summed E-state index contributed by atoms with van der Waals surface area (Å²) in [6, 6.07) is 8.29. The summed E-state index contributed by atoms with van der Waals surface area (Å²) in [6.07, 6.45) is -5.09. The summed E-state index contributed by atoms with van der Waals surface area (Å²) < 4.78 is 48.8. The van der Waals surface area contributed by atoms with Crippen LogP contribution < -0.4 is 0 Å². The van der Waals surface area contributed by atoms with Crippen molar-refractivity contribution in [2.45, 2.75) is 12.1 Å². The number of Topliss-reactive ketones (excluding diaryl/α,β-unsaturated/α-hetero) is 1. The minimum atomic E-state index is -5.09. The van der Waals surface area contributed by atoms with E-state index in [0.717, 1.165) is 7.11 Å². The van der Waals surface area contributed by atoms with Crippen LogP contribution in [0.3, 0.4) is 0 Å². The van der Waals surface area contributed by atoms with Crippen LogP contribution in [0.5, 0.6) is 0 Å². The van der Waals surface area contributed by atoms with Crippen LogP contribution in [0, 0.1) is 0 Å². The summed E-state index contributed by atoms with van der Waals surface area (Å²) in [5, 5.41) is 3.73. The van der Waals surface area contributed by atoms with E-state index < -0.39 is 29.6 Å². The molecule has 26 heavy (non-hydrogen) atoms. The zero-order valence-corrected chi connectivity index (χ0v) is 14.3. The average molecular weight is 370 g/mol. The number of halogens is 3. The maximum atomic E-state index is 13.0. The quantitative estimate of drug-likeness (QED) is 0.728. The molecule has 9 heteroatoms. The van der Waals surface area contributed by atoms with Crippen molar-refractivity contribution in [1.82, 2.24) is 10.1 Å². The van der Waals surface area contributed by atoms with Crippen LogP contribution in [0.25, 0.3) is 11.3 Å². The first-order valence-electron chi connectivity index (χ1n) is 7.55. The highest BCUT2D eigenvalue weighted by atomic mass is 19.4. The number of rotatable bonds is 6. The fraction of sp³-hybridized carbons (Fsp3) is 0.353. The second-order valence-electron chi connectivity index (χ2n) is 5.80. The van der Waals surface area contributed by atoms with Crippen molar-refractivity contribution >= 4 is 11.8 Å². The molecule has 0 N–H and O–H groups in total. The zero-order valence-electron chi connectivity index (χ0n) is 14.3. The first-order chi connectivity index (χ1) is 12.2. The number of methoxy groups -OCH3 is 1. The number of alkyl halides is 3. The standard InChI is InChI=1S/C17H17F3N2O4/c1-22(2)9-11(15(23)17(18,19)20)14-12(16(24)25-3)13(21-26-14)10-7-5-4-6-8-10/h4-8,11H,9H2,1-3H3. The van der Waals surface area contributed by atoms with E-state index in [-0.39, 0.29) is 17.8 Å². The van der Waals surface area contributed by atoms with E-state index in [2.05, 4.69) is 9.89 Å². The molecule has 0 bridgehead atoms. The number of hydrogen-bond donors (Lipinski definition) is 0. The minimum absolute atomic E-state index is 0.0196. The molecule has 140 valence electrons. The molecule has 6 nitrogen and oxygen atoms in total. The van der Waals surface area contributed by atoms with E-state index in [1.54, 1.807) is 30.3 Å². The van der Waals surface area contributed by atoms with Crippen LogP contribution >= 0.6 is 0 Å². The van der Waals surface area contributed by atoms with Crippen molar-refractivity contribution in [2.24, 2.45) is 0 Å². The monoisotopic (exact) mass is 370 g/mol. The number of aromatic nitrogens is 1. The Morgan fingerprint density at radius 3 is 2.35 bits per heavy atom. The summed E-state index contributed by atoms with van der Waals surface area (Å²) in [6.45, 7) is -0.314. The molecule has 0 radical (unpaired) electrons. The smallest absolute Gasteiger partial charge is 0.450 e. The van der Waals surface area contributed by atoms with Crippen LogP contribution in [0.15, 0.2) is 34.9 Å². The van der Waals surface area contributed by atoms with E-state index in [1.165, 1.54) is 19.0 Å². The predicted molar refractivity (Wildman–Crippen MR) is 85.6 cm³/mol. The summed E-state index contributed by atoms with van der Waals surface area (Å²) in [5.74, 6) is -5.17. The van der Waals surface area contributed by atoms with Gasteiger partial charge in [-0.05, 0) is 14.1 Å². The topological polar surface area (TPSA) is 72.6 Å². The third kappa shape index (κ3) is 4.10. The number of likely N-dealkylation sites (N-methyl/N-ethyl adjacent to an activating group) is 1. The van der Waals surface area contributed by atoms with Gasteiger partial charge in [0.25, 0.3) is 0 Å². The van der Waals surface area contributed by atoms with E-state index in [9.17, 15) is 22.8 Å². The molecular weight excluding hydrogens is 353 g/mol. The van der Waals surface area contributed by atoms with Crippen molar-refractivity contribution in [1.29, 1.82) is 0 Å². The van der Waals surface area contributed by atoms with Gasteiger partial charge in [-0.1, -0.05) is 35.5 Å². The molecule has 1 heterocycles. The Hall–Kier alpha value is -2.68. The van der Waals surface area contributed by atoms with Crippen molar-refractivity contribution in [3.05, 3.63) is 41.7 Å². The molecule has 0 aliphatic heterocycles. The molecule has 2 rings (SSSR count). The number of carbonyl (C=O) groups is 2. The van der Waals surface area contributed by atoms with Gasteiger partial charge in [0, 0.05) is 12.1 Å². The fourth-order valence-corrected chi connectivity index (χ4v) is 2.48. The number of hydrogen-bond acceptors (Lipinski definition) is 6. The molecule has 0 fully saturated rings. The number of carbonyl (C=O) groups excluding carboxylic acids is 2. The zero-order chi connectivity index (χ0) is 19.5. The molecule has 2 aromatic rings. The van der Waals surface area contributed by atoms with E-state index in [1.807, 2.05) is 0 Å². The second kappa shape index (κ2) is 7.69. The Bertz CT molecular complexity index is 785. The van der Waals surface area contributed by atoms with Crippen molar-refractivity contribution < 1.29 is 32.0 Å². The Morgan fingerprint density at radius 1 is 1.23 bits per heavy atom. The van der Waals surface area contributed by atoms with E-state index >= 15 is 0 Å². The van der Waals surface area contributed by atoms with Gasteiger partial charge in [-0.2, -0.15) is 13.2 Å². The summed E-state index contributed by atoms with van der Waals surface area (Å²) in [5.41, 5.74) is 0.181. The minimum Gasteiger partial charge on any atom is -0.465 e.